The number of piperidine rings is 2. The summed E-state index contributed by atoms with van der Waals surface area (Å²) in [5.74, 6) is 0.761. The Morgan fingerprint density at radius 2 is 1.02 bits per heavy atom. The second-order valence-electron chi connectivity index (χ2n) is 13.0. The van der Waals surface area contributed by atoms with Crippen molar-refractivity contribution in [1.82, 2.24) is 9.80 Å². The first-order valence-corrected chi connectivity index (χ1v) is 15.8. The molecule has 5 fully saturated rings. The topological polar surface area (TPSA) is 81.2 Å². The molecule has 2 aromatic carbocycles. The summed E-state index contributed by atoms with van der Waals surface area (Å²) in [6.45, 7) is 5.79. The van der Waals surface area contributed by atoms with E-state index in [0.29, 0.717) is 25.7 Å². The highest BCUT2D eigenvalue weighted by Crippen LogP contribution is 2.48. The highest BCUT2D eigenvalue weighted by Gasteiger charge is 2.55. The number of nitrogens with zero attached hydrogens (tertiary/aromatic N) is 4. The molecule has 5 aliphatic heterocycles. The van der Waals surface area contributed by atoms with Crippen LogP contribution in [0.25, 0.3) is 0 Å². The van der Waals surface area contributed by atoms with E-state index in [4.69, 9.17) is 0 Å². The van der Waals surface area contributed by atoms with Crippen molar-refractivity contribution in [2.45, 2.75) is 89.4 Å². The van der Waals surface area contributed by atoms with Crippen LogP contribution in [0.2, 0.25) is 0 Å². The summed E-state index contributed by atoms with van der Waals surface area (Å²) in [7, 11) is 0. The van der Waals surface area contributed by atoms with Crippen LogP contribution in [0.1, 0.15) is 88.4 Å². The van der Waals surface area contributed by atoms with Crippen LogP contribution in [0.4, 0.5) is 11.4 Å². The van der Waals surface area contributed by atoms with Gasteiger partial charge in [0, 0.05) is 37.3 Å². The Kier molecular flexibility index (Phi) is 6.82. The lowest BCUT2D eigenvalue weighted by atomic mass is 9.76. The van der Waals surface area contributed by atoms with E-state index in [0.717, 1.165) is 61.3 Å². The third kappa shape index (κ3) is 4.33. The van der Waals surface area contributed by atoms with Crippen molar-refractivity contribution in [2.75, 3.05) is 22.9 Å². The van der Waals surface area contributed by atoms with Gasteiger partial charge in [0.05, 0.1) is 12.1 Å². The standard InChI is InChI=1S/C34H40N4O4/c1-21-13-15-27-34(42)38-28(16-14-22(2)32(38)24-8-4-10-26(20-24)36-18-6-12-30(36)40)33(41)37(27)31(21)23-7-3-9-25(19-23)35-17-5-11-29(35)39/h3-4,7-10,19-22,27-28,31-32H,5-6,11-18H2,1-2H3/t21-,22-,27-,28-,31-,32-/m0/s1. The molecule has 5 aliphatic rings. The maximum Gasteiger partial charge on any atom is 0.246 e. The summed E-state index contributed by atoms with van der Waals surface area (Å²) in [5, 5.41) is 0. The fourth-order valence-electron chi connectivity index (χ4n) is 8.36. The van der Waals surface area contributed by atoms with E-state index in [9.17, 15) is 19.2 Å². The second kappa shape index (κ2) is 10.5. The van der Waals surface area contributed by atoms with Gasteiger partial charge in [0.15, 0.2) is 0 Å². The molecule has 0 bridgehead atoms. The molecule has 0 saturated carbocycles. The molecule has 0 radical (unpaired) electrons. The molecule has 0 aliphatic carbocycles. The molecule has 0 spiro atoms. The van der Waals surface area contributed by atoms with Crippen LogP contribution in [0.5, 0.6) is 0 Å². The van der Waals surface area contributed by atoms with Crippen LogP contribution >= 0.6 is 0 Å². The molecule has 2 aromatic rings. The molecule has 0 N–H and O–H groups in total. The lowest BCUT2D eigenvalue weighted by Gasteiger charge is -2.56. The molecule has 0 unspecified atom stereocenters. The fraction of sp³-hybridized carbons (Fsp3) is 0.529. The smallest absolute Gasteiger partial charge is 0.246 e. The van der Waals surface area contributed by atoms with Crippen LogP contribution in [-0.4, -0.2) is 58.6 Å². The summed E-state index contributed by atoms with van der Waals surface area (Å²) in [4.78, 5) is 61.4. The number of hydrogen-bond acceptors (Lipinski definition) is 4. The average Bonchev–Trinajstić information content (AvgIpc) is 3.63. The molecular formula is C34H40N4O4. The monoisotopic (exact) mass is 568 g/mol. The average molecular weight is 569 g/mol. The molecule has 42 heavy (non-hydrogen) atoms. The van der Waals surface area contributed by atoms with Gasteiger partial charge in [-0.3, -0.25) is 19.2 Å². The van der Waals surface area contributed by atoms with Gasteiger partial charge in [-0.05, 0) is 85.8 Å². The Bertz CT molecular complexity index is 1330. The number of rotatable bonds is 4. The van der Waals surface area contributed by atoms with Crippen molar-refractivity contribution in [3.63, 3.8) is 0 Å². The number of carbonyl (C=O) groups is 4. The lowest BCUT2D eigenvalue weighted by Crippen LogP contribution is -2.69. The normalized spacial score (nSPS) is 31.6. The highest BCUT2D eigenvalue weighted by molar-refractivity contribution is 5.99. The zero-order chi connectivity index (χ0) is 29.1. The van der Waals surface area contributed by atoms with E-state index in [2.05, 4.69) is 38.1 Å². The van der Waals surface area contributed by atoms with Gasteiger partial charge in [-0.1, -0.05) is 38.1 Å². The van der Waals surface area contributed by atoms with Crippen LogP contribution in [0.15, 0.2) is 48.5 Å². The van der Waals surface area contributed by atoms with Gasteiger partial charge in [-0.25, -0.2) is 0 Å². The summed E-state index contributed by atoms with van der Waals surface area (Å²) in [6, 6.07) is 14.7. The predicted molar refractivity (Wildman–Crippen MR) is 160 cm³/mol. The first-order valence-electron chi connectivity index (χ1n) is 15.8. The molecule has 220 valence electrons. The van der Waals surface area contributed by atoms with Crippen LogP contribution in [0, 0.1) is 11.8 Å². The van der Waals surface area contributed by atoms with Crippen molar-refractivity contribution in [1.29, 1.82) is 0 Å². The largest absolute Gasteiger partial charge is 0.322 e. The molecule has 5 saturated heterocycles. The minimum absolute atomic E-state index is 0.0431. The van der Waals surface area contributed by atoms with Crippen molar-refractivity contribution >= 4 is 35.0 Å². The molecule has 8 heteroatoms. The molecule has 0 aromatic heterocycles. The minimum Gasteiger partial charge on any atom is -0.322 e. The maximum absolute atomic E-state index is 14.5. The quantitative estimate of drug-likeness (QED) is 0.521. The molecular weight excluding hydrogens is 528 g/mol. The maximum atomic E-state index is 14.5. The summed E-state index contributed by atoms with van der Waals surface area (Å²) in [6.07, 6.45) is 5.86. The number of anilines is 2. The highest BCUT2D eigenvalue weighted by atomic mass is 16.2. The Morgan fingerprint density at radius 3 is 1.40 bits per heavy atom. The lowest BCUT2D eigenvalue weighted by molar-refractivity contribution is -0.177. The van der Waals surface area contributed by atoms with E-state index in [-0.39, 0.29) is 47.5 Å². The summed E-state index contributed by atoms with van der Waals surface area (Å²) >= 11 is 0. The fourth-order valence-corrected chi connectivity index (χ4v) is 8.36. The number of hydrogen-bond donors (Lipinski definition) is 0. The van der Waals surface area contributed by atoms with E-state index >= 15 is 0 Å². The minimum atomic E-state index is -0.497. The first kappa shape index (κ1) is 27.2. The van der Waals surface area contributed by atoms with Gasteiger partial charge in [0.25, 0.3) is 0 Å². The van der Waals surface area contributed by atoms with E-state index < -0.39 is 12.1 Å². The van der Waals surface area contributed by atoms with Gasteiger partial charge < -0.3 is 19.6 Å². The number of carbonyl (C=O) groups excluding carboxylic acids is 4. The van der Waals surface area contributed by atoms with Gasteiger partial charge >= 0.3 is 0 Å². The third-order valence-corrected chi connectivity index (χ3v) is 10.4. The van der Waals surface area contributed by atoms with Gasteiger partial charge in [-0.15, -0.1) is 0 Å². The number of benzene rings is 2. The van der Waals surface area contributed by atoms with E-state index in [1.807, 2.05) is 43.9 Å². The van der Waals surface area contributed by atoms with Crippen molar-refractivity contribution in [3.8, 4) is 0 Å². The van der Waals surface area contributed by atoms with Gasteiger partial charge in [0.2, 0.25) is 23.6 Å². The van der Waals surface area contributed by atoms with Crippen LogP contribution in [-0.2, 0) is 19.2 Å². The molecule has 7 rings (SSSR count). The summed E-state index contributed by atoms with van der Waals surface area (Å²) < 4.78 is 0. The Morgan fingerprint density at radius 1 is 0.595 bits per heavy atom. The molecule has 5 heterocycles. The first-order chi connectivity index (χ1) is 20.3. The summed E-state index contributed by atoms with van der Waals surface area (Å²) in [5.41, 5.74) is 3.76. The zero-order valence-corrected chi connectivity index (χ0v) is 24.6. The van der Waals surface area contributed by atoms with Crippen molar-refractivity contribution in [2.24, 2.45) is 11.8 Å². The van der Waals surface area contributed by atoms with E-state index in [1.54, 1.807) is 0 Å². The van der Waals surface area contributed by atoms with Gasteiger partial charge in [0.1, 0.15) is 12.1 Å². The zero-order valence-electron chi connectivity index (χ0n) is 24.6. The second-order valence-corrected chi connectivity index (χ2v) is 13.0. The Hall–Kier alpha value is -3.68. The molecule has 8 nitrogen and oxygen atoms in total. The van der Waals surface area contributed by atoms with Crippen molar-refractivity contribution in [3.05, 3.63) is 59.7 Å². The Balaban J connectivity index is 1.22. The van der Waals surface area contributed by atoms with Crippen LogP contribution in [0.3, 0.4) is 0 Å². The molecule has 6 atom stereocenters. The van der Waals surface area contributed by atoms with Crippen LogP contribution < -0.4 is 9.80 Å². The van der Waals surface area contributed by atoms with E-state index in [1.165, 1.54) is 0 Å². The SMILES string of the molecule is C[C@H]1CC[C@H]2C(=O)N3[C@H](c4cccc(N5CCCC5=O)c4)[C@@H](C)CC[C@H]3C(=O)N2[C@@H]1c1cccc(N2CCCC2=O)c1. The third-order valence-electron chi connectivity index (χ3n) is 10.4. The van der Waals surface area contributed by atoms with Crippen molar-refractivity contribution < 1.29 is 19.2 Å². The predicted octanol–water partition coefficient (Wildman–Crippen LogP) is 4.99. The Labute approximate surface area is 247 Å². The number of piperazine rings is 1. The number of amides is 4. The van der Waals surface area contributed by atoms with Gasteiger partial charge in [-0.2, -0.15) is 0 Å². The number of fused-ring (bicyclic) bond motifs is 2. The molecule has 4 amide bonds.